The Morgan fingerprint density at radius 3 is 3.00 bits per heavy atom. The molecule has 6 rings (SSSR count). The minimum atomic E-state index is -0.979. The number of rotatable bonds is 3. The molecule has 30 heavy (non-hydrogen) atoms. The number of hydrogen-bond acceptors (Lipinski definition) is 7. The van der Waals surface area contributed by atoms with Crippen molar-refractivity contribution in [1.82, 2.24) is 9.88 Å². The number of ether oxygens (including phenoxy) is 1. The van der Waals surface area contributed by atoms with Crippen molar-refractivity contribution in [2.24, 2.45) is 17.8 Å². The van der Waals surface area contributed by atoms with Gasteiger partial charge in [0.1, 0.15) is 17.1 Å². The van der Waals surface area contributed by atoms with E-state index in [1.165, 1.54) is 11.3 Å². The summed E-state index contributed by atoms with van der Waals surface area (Å²) in [5, 5.41) is 5.08. The van der Waals surface area contributed by atoms with Crippen LogP contribution in [-0.4, -0.2) is 45.2 Å². The molecule has 3 fully saturated rings. The van der Waals surface area contributed by atoms with E-state index in [1.807, 2.05) is 19.1 Å². The Morgan fingerprint density at radius 2 is 2.27 bits per heavy atom. The van der Waals surface area contributed by atoms with Gasteiger partial charge in [-0.2, -0.15) is 0 Å². The molecule has 6 heterocycles. The van der Waals surface area contributed by atoms with Crippen molar-refractivity contribution in [3.63, 3.8) is 0 Å². The van der Waals surface area contributed by atoms with Gasteiger partial charge in [0.15, 0.2) is 5.13 Å². The number of fused-ring (bicyclic) bond motifs is 2. The van der Waals surface area contributed by atoms with Gasteiger partial charge in [-0.15, -0.1) is 11.3 Å². The van der Waals surface area contributed by atoms with Crippen molar-refractivity contribution in [2.75, 3.05) is 5.32 Å². The number of piperidine rings is 1. The van der Waals surface area contributed by atoms with E-state index in [0.29, 0.717) is 10.9 Å². The Labute approximate surface area is 175 Å². The average molecular weight is 425 g/mol. The molecule has 2 amide bonds. The van der Waals surface area contributed by atoms with Crippen LogP contribution in [0.3, 0.4) is 0 Å². The van der Waals surface area contributed by atoms with Crippen molar-refractivity contribution >= 4 is 34.1 Å². The van der Waals surface area contributed by atoms with Gasteiger partial charge < -0.3 is 19.4 Å². The molecule has 4 aliphatic heterocycles. The zero-order valence-electron chi connectivity index (χ0n) is 16.1. The van der Waals surface area contributed by atoms with Crippen LogP contribution in [0.5, 0.6) is 0 Å². The van der Waals surface area contributed by atoms with Crippen molar-refractivity contribution in [1.29, 1.82) is 0 Å². The predicted octanol–water partition coefficient (Wildman–Crippen LogP) is 2.18. The van der Waals surface area contributed by atoms with E-state index in [-0.39, 0.29) is 24.0 Å². The molecule has 2 bridgehead atoms. The molecule has 0 aliphatic carbocycles. The lowest BCUT2D eigenvalue weighted by Crippen LogP contribution is -2.55. The largest absolute Gasteiger partial charge is 0.467 e. The second kappa shape index (κ2) is 6.12. The molecule has 154 valence electrons. The number of nitrogens with zero attached hydrogens (tertiary/aromatic N) is 2. The molecular formula is C21H19N3O5S. The van der Waals surface area contributed by atoms with Crippen LogP contribution in [0.1, 0.15) is 25.1 Å². The third-order valence-electron chi connectivity index (χ3n) is 6.92. The molecule has 2 aromatic rings. The van der Waals surface area contributed by atoms with Gasteiger partial charge in [0, 0.05) is 23.9 Å². The molecule has 8 nitrogen and oxygen atoms in total. The molecule has 7 atom stereocenters. The zero-order valence-corrected chi connectivity index (χ0v) is 16.9. The lowest BCUT2D eigenvalue weighted by Gasteiger charge is -2.43. The van der Waals surface area contributed by atoms with Gasteiger partial charge in [-0.25, -0.2) is 4.98 Å². The first kappa shape index (κ1) is 18.0. The summed E-state index contributed by atoms with van der Waals surface area (Å²) in [4.78, 5) is 45.6. The number of ketones is 1. The Balaban J connectivity index is 1.41. The van der Waals surface area contributed by atoms with E-state index in [4.69, 9.17) is 9.15 Å². The summed E-state index contributed by atoms with van der Waals surface area (Å²) in [5.41, 5.74) is -0.979. The Morgan fingerprint density at radius 1 is 1.40 bits per heavy atom. The van der Waals surface area contributed by atoms with Gasteiger partial charge in [-0.3, -0.25) is 14.4 Å². The number of thiazole rings is 1. The van der Waals surface area contributed by atoms with Crippen LogP contribution >= 0.6 is 11.3 Å². The maximum Gasteiger partial charge on any atom is 0.233 e. The highest BCUT2D eigenvalue weighted by atomic mass is 32.1. The van der Waals surface area contributed by atoms with Gasteiger partial charge in [0.25, 0.3) is 0 Å². The summed E-state index contributed by atoms with van der Waals surface area (Å²) in [5.74, 6) is -1.54. The van der Waals surface area contributed by atoms with Crippen molar-refractivity contribution in [3.05, 3.63) is 47.9 Å². The van der Waals surface area contributed by atoms with E-state index < -0.39 is 41.5 Å². The number of amides is 2. The first-order valence-electron chi connectivity index (χ1n) is 9.97. The number of carbonyl (C=O) groups is 3. The number of anilines is 1. The monoisotopic (exact) mass is 425 g/mol. The summed E-state index contributed by atoms with van der Waals surface area (Å²) in [6, 6.07) is 2.58. The highest BCUT2D eigenvalue weighted by molar-refractivity contribution is 7.13. The van der Waals surface area contributed by atoms with Crippen molar-refractivity contribution in [3.8, 4) is 0 Å². The fourth-order valence-electron chi connectivity index (χ4n) is 5.74. The van der Waals surface area contributed by atoms with E-state index >= 15 is 0 Å². The highest BCUT2D eigenvalue weighted by Crippen LogP contribution is 2.59. The molecule has 0 radical (unpaired) electrons. The first-order valence-corrected chi connectivity index (χ1v) is 10.8. The molecule has 4 aliphatic rings. The lowest BCUT2D eigenvalue weighted by atomic mass is 9.70. The third kappa shape index (κ3) is 2.19. The maximum absolute atomic E-state index is 13.7. The number of furan rings is 1. The second-order valence-corrected chi connectivity index (χ2v) is 9.20. The van der Waals surface area contributed by atoms with Crippen LogP contribution in [0.25, 0.3) is 0 Å². The van der Waals surface area contributed by atoms with Gasteiger partial charge in [-0.05, 0) is 12.1 Å². The summed E-state index contributed by atoms with van der Waals surface area (Å²) in [6.45, 7) is 1.84. The van der Waals surface area contributed by atoms with Crippen LogP contribution in [0.2, 0.25) is 0 Å². The summed E-state index contributed by atoms with van der Waals surface area (Å²) < 4.78 is 11.9. The van der Waals surface area contributed by atoms with Crippen LogP contribution in [0.15, 0.2) is 46.5 Å². The number of aromatic nitrogens is 1. The second-order valence-electron chi connectivity index (χ2n) is 8.31. The molecule has 0 unspecified atom stereocenters. The van der Waals surface area contributed by atoms with E-state index in [2.05, 4.69) is 10.3 Å². The number of carbonyl (C=O) groups excluding carboxylic acids is 3. The third-order valence-corrected chi connectivity index (χ3v) is 7.61. The van der Waals surface area contributed by atoms with Crippen molar-refractivity contribution in [2.45, 2.75) is 37.1 Å². The lowest BCUT2D eigenvalue weighted by molar-refractivity contribution is -0.147. The highest BCUT2D eigenvalue weighted by Gasteiger charge is 2.74. The molecular weight excluding hydrogens is 406 g/mol. The van der Waals surface area contributed by atoms with Gasteiger partial charge >= 0.3 is 0 Å². The smallest absolute Gasteiger partial charge is 0.233 e. The minimum absolute atomic E-state index is 0.0663. The number of nitrogens with one attached hydrogen (secondary N) is 1. The molecule has 9 heteroatoms. The molecule has 0 aromatic carbocycles. The quantitative estimate of drug-likeness (QED) is 0.757. The average Bonchev–Trinajstić information content (AvgIpc) is 3.52. The topological polar surface area (TPSA) is 102 Å². The molecule has 3 saturated heterocycles. The fraction of sp³-hybridized carbons (Fsp3) is 0.429. The zero-order chi connectivity index (χ0) is 20.6. The standard InChI is InChI=1S/C21H19N3O5S/c1-10-12(25)9-11(13-3-2-7-28-13)24-17(10)21-5-4-14(29-21)15(16(21)19(24)27)18(26)23-20-22-6-8-30-20/h2-8,10-11,14-17H,9H2,1H3,(H,22,23,26)/t10-,11-,14+,15-,16+,17-,21-/m0/s1. The summed E-state index contributed by atoms with van der Waals surface area (Å²) in [6.07, 6.45) is 6.61. The minimum Gasteiger partial charge on any atom is -0.467 e. The van der Waals surface area contributed by atoms with Crippen LogP contribution < -0.4 is 5.32 Å². The van der Waals surface area contributed by atoms with E-state index in [9.17, 15) is 14.4 Å². The fourth-order valence-corrected chi connectivity index (χ4v) is 6.27. The van der Waals surface area contributed by atoms with Crippen LogP contribution in [0, 0.1) is 17.8 Å². The molecule has 2 aromatic heterocycles. The maximum atomic E-state index is 13.7. The van der Waals surface area contributed by atoms with Gasteiger partial charge in [0.05, 0.1) is 36.3 Å². The number of hydrogen-bond donors (Lipinski definition) is 1. The Bertz CT molecular complexity index is 1060. The van der Waals surface area contributed by atoms with E-state index in [1.54, 1.807) is 34.9 Å². The molecule has 0 saturated carbocycles. The number of Topliss-reactive ketones (excluding diaryl/α,β-unsaturated/α-hetero) is 1. The normalized spacial score (nSPS) is 38.8. The Kier molecular flexibility index (Phi) is 3.67. The molecule has 1 spiro atoms. The van der Waals surface area contributed by atoms with Crippen LogP contribution in [0.4, 0.5) is 5.13 Å². The Hall–Kier alpha value is -2.78. The molecule has 1 N–H and O–H groups in total. The van der Waals surface area contributed by atoms with Crippen LogP contribution in [-0.2, 0) is 19.1 Å². The summed E-state index contributed by atoms with van der Waals surface area (Å²) in [7, 11) is 0. The van der Waals surface area contributed by atoms with Gasteiger partial charge in [0.2, 0.25) is 11.8 Å². The summed E-state index contributed by atoms with van der Waals surface area (Å²) >= 11 is 1.32. The SMILES string of the molecule is C[C@H]1C(=O)C[C@@H](c2ccco2)N2C(=O)[C@H]3[C@@H](C(=O)Nc4nccs4)[C@H]4C=C[C@@]3(O4)[C@H]12. The van der Waals surface area contributed by atoms with E-state index in [0.717, 1.165) is 0 Å². The first-order chi connectivity index (χ1) is 14.5. The van der Waals surface area contributed by atoms with Crippen molar-refractivity contribution < 1.29 is 23.5 Å². The predicted molar refractivity (Wildman–Crippen MR) is 105 cm³/mol. The van der Waals surface area contributed by atoms with Gasteiger partial charge in [-0.1, -0.05) is 19.1 Å².